The van der Waals surface area contributed by atoms with Crippen molar-refractivity contribution in [3.63, 3.8) is 0 Å². The molecule has 0 saturated heterocycles. The smallest absolute Gasteiger partial charge is 0.0923 e. The van der Waals surface area contributed by atoms with E-state index in [0.717, 1.165) is 23.1 Å². The minimum Gasteiger partial charge on any atom is -0.387 e. The van der Waals surface area contributed by atoms with Crippen molar-refractivity contribution in [2.75, 3.05) is 19.6 Å². The number of thiophene rings is 1. The van der Waals surface area contributed by atoms with Crippen LogP contribution >= 0.6 is 27.3 Å². The van der Waals surface area contributed by atoms with Crippen molar-refractivity contribution in [3.05, 3.63) is 45.7 Å². The molecular weight excluding hydrogens is 406 g/mol. The van der Waals surface area contributed by atoms with E-state index >= 15 is 0 Å². The van der Waals surface area contributed by atoms with Crippen molar-refractivity contribution in [1.29, 1.82) is 0 Å². The molecule has 0 amide bonds. The molecule has 0 aliphatic carbocycles. The van der Waals surface area contributed by atoms with Gasteiger partial charge in [-0.2, -0.15) is 0 Å². The molecule has 1 N–H and O–H groups in total. The van der Waals surface area contributed by atoms with Gasteiger partial charge in [-0.05, 0) is 71.9 Å². The van der Waals surface area contributed by atoms with Crippen molar-refractivity contribution >= 4 is 48.1 Å². The first-order chi connectivity index (χ1) is 12.6. The lowest BCUT2D eigenvalue weighted by molar-refractivity contribution is 0.112. The van der Waals surface area contributed by atoms with Crippen molar-refractivity contribution < 1.29 is 5.11 Å². The van der Waals surface area contributed by atoms with E-state index in [1.165, 1.54) is 46.5 Å². The highest BCUT2D eigenvalue weighted by molar-refractivity contribution is 9.10. The van der Waals surface area contributed by atoms with Crippen molar-refractivity contribution in [2.24, 2.45) is 0 Å². The SMILES string of the molecule is CCCCN(CCCC)CC(O)c1cc2ccsc2c2cc(Br)ccc12. The third kappa shape index (κ3) is 4.48. The fourth-order valence-corrected chi connectivity index (χ4v) is 4.80. The Hall–Kier alpha value is -0.940. The monoisotopic (exact) mass is 433 g/mol. The molecule has 0 saturated carbocycles. The summed E-state index contributed by atoms with van der Waals surface area (Å²) >= 11 is 5.37. The molecule has 2 nitrogen and oxygen atoms in total. The van der Waals surface area contributed by atoms with Crippen LogP contribution in [0, 0.1) is 0 Å². The quantitative estimate of drug-likeness (QED) is 0.403. The van der Waals surface area contributed by atoms with Crippen molar-refractivity contribution in [1.82, 2.24) is 4.90 Å². The number of rotatable bonds is 9. The van der Waals surface area contributed by atoms with Gasteiger partial charge in [-0.25, -0.2) is 0 Å². The van der Waals surface area contributed by atoms with Gasteiger partial charge >= 0.3 is 0 Å². The summed E-state index contributed by atoms with van der Waals surface area (Å²) in [6, 6.07) is 10.7. The van der Waals surface area contributed by atoms with Crippen LogP contribution in [-0.2, 0) is 0 Å². The van der Waals surface area contributed by atoms with E-state index in [1.54, 1.807) is 11.3 Å². The summed E-state index contributed by atoms with van der Waals surface area (Å²) in [6.07, 6.45) is 4.30. The van der Waals surface area contributed by atoms with E-state index in [0.29, 0.717) is 6.54 Å². The molecule has 1 unspecified atom stereocenters. The van der Waals surface area contributed by atoms with Gasteiger partial charge in [0.15, 0.2) is 0 Å². The van der Waals surface area contributed by atoms with E-state index in [9.17, 15) is 5.11 Å². The Morgan fingerprint density at radius 3 is 2.46 bits per heavy atom. The Labute approximate surface area is 169 Å². The maximum Gasteiger partial charge on any atom is 0.0923 e. The molecule has 0 spiro atoms. The van der Waals surface area contributed by atoms with Gasteiger partial charge in [0.1, 0.15) is 0 Å². The van der Waals surface area contributed by atoms with E-state index in [4.69, 9.17) is 0 Å². The number of benzene rings is 2. The number of aliphatic hydroxyl groups is 1. The zero-order chi connectivity index (χ0) is 18.5. The van der Waals surface area contributed by atoms with Crippen molar-refractivity contribution in [3.8, 4) is 0 Å². The first kappa shape index (κ1) is 19.8. The molecule has 0 radical (unpaired) electrons. The summed E-state index contributed by atoms with van der Waals surface area (Å²) < 4.78 is 2.38. The van der Waals surface area contributed by atoms with Gasteiger partial charge in [0, 0.05) is 21.1 Å². The Kier molecular flexibility index (Phi) is 7.10. The van der Waals surface area contributed by atoms with Gasteiger partial charge in [-0.1, -0.05) is 48.7 Å². The van der Waals surface area contributed by atoms with Crippen LogP contribution in [0.25, 0.3) is 20.9 Å². The van der Waals surface area contributed by atoms with Crippen LogP contribution in [-0.4, -0.2) is 29.6 Å². The lowest BCUT2D eigenvalue weighted by Gasteiger charge is -2.26. The average Bonchev–Trinajstić information content (AvgIpc) is 3.11. The normalized spacial score (nSPS) is 13.1. The number of hydrogen-bond acceptors (Lipinski definition) is 3. The van der Waals surface area contributed by atoms with Crippen LogP contribution in [0.1, 0.15) is 51.2 Å². The molecule has 1 aromatic heterocycles. The molecule has 0 aliphatic heterocycles. The molecule has 26 heavy (non-hydrogen) atoms. The highest BCUT2D eigenvalue weighted by Gasteiger charge is 2.18. The molecule has 1 atom stereocenters. The van der Waals surface area contributed by atoms with Crippen LogP contribution < -0.4 is 0 Å². The highest BCUT2D eigenvalue weighted by atomic mass is 79.9. The minimum absolute atomic E-state index is 0.461. The second-order valence-electron chi connectivity index (χ2n) is 7.02. The van der Waals surface area contributed by atoms with Crippen molar-refractivity contribution in [2.45, 2.75) is 45.6 Å². The maximum atomic E-state index is 11.1. The van der Waals surface area contributed by atoms with E-state index in [1.807, 2.05) is 0 Å². The lowest BCUT2D eigenvalue weighted by Crippen LogP contribution is -2.30. The highest BCUT2D eigenvalue weighted by Crippen LogP contribution is 2.36. The largest absolute Gasteiger partial charge is 0.387 e. The predicted molar refractivity (Wildman–Crippen MR) is 118 cm³/mol. The average molecular weight is 434 g/mol. The summed E-state index contributed by atoms with van der Waals surface area (Å²) in [5, 5.41) is 16.9. The number of halogens is 1. The summed E-state index contributed by atoms with van der Waals surface area (Å²) in [4.78, 5) is 2.43. The Bertz CT molecular complexity index is 852. The Morgan fingerprint density at radius 2 is 1.77 bits per heavy atom. The lowest BCUT2D eigenvalue weighted by atomic mass is 9.98. The zero-order valence-corrected chi connectivity index (χ0v) is 18.1. The fraction of sp³-hybridized carbons (Fsp3) is 0.455. The third-order valence-electron chi connectivity index (χ3n) is 4.99. The molecular formula is C22H28BrNOS. The molecule has 140 valence electrons. The van der Waals surface area contributed by atoms with Crippen LogP contribution in [0.15, 0.2) is 40.2 Å². The number of hydrogen-bond donors (Lipinski definition) is 1. The standard InChI is InChI=1S/C22H28BrNOS/c1-3-5-10-24(11-6-4-2)15-21(25)19-13-16-9-12-26-22(16)20-14-17(23)7-8-18(19)20/h7-9,12-14,21,25H,3-6,10-11,15H2,1-2H3. The van der Waals surface area contributed by atoms with E-state index in [2.05, 4.69) is 70.4 Å². The molecule has 3 rings (SSSR count). The molecule has 0 aliphatic rings. The molecule has 3 aromatic rings. The number of aliphatic hydroxyl groups excluding tert-OH is 1. The van der Waals surface area contributed by atoms with Gasteiger partial charge in [0.25, 0.3) is 0 Å². The number of unbranched alkanes of at least 4 members (excludes halogenated alkanes) is 2. The van der Waals surface area contributed by atoms with Crippen LogP contribution in [0.4, 0.5) is 0 Å². The third-order valence-corrected chi connectivity index (χ3v) is 6.45. The summed E-state index contributed by atoms with van der Waals surface area (Å²) in [6.45, 7) is 7.30. The molecule has 2 aromatic carbocycles. The first-order valence-corrected chi connectivity index (χ1v) is 11.3. The number of fused-ring (bicyclic) bond motifs is 3. The van der Waals surface area contributed by atoms with Gasteiger partial charge in [-0.3, -0.25) is 0 Å². The molecule has 4 heteroatoms. The van der Waals surface area contributed by atoms with Crippen LogP contribution in [0.2, 0.25) is 0 Å². The van der Waals surface area contributed by atoms with E-state index < -0.39 is 6.10 Å². The van der Waals surface area contributed by atoms with Gasteiger partial charge in [-0.15, -0.1) is 11.3 Å². The first-order valence-electron chi connectivity index (χ1n) is 9.63. The fourth-order valence-electron chi connectivity index (χ4n) is 3.53. The minimum atomic E-state index is -0.461. The Morgan fingerprint density at radius 1 is 1.04 bits per heavy atom. The topological polar surface area (TPSA) is 23.5 Å². The van der Waals surface area contributed by atoms with Gasteiger partial charge < -0.3 is 10.0 Å². The molecule has 0 bridgehead atoms. The van der Waals surface area contributed by atoms with Crippen LogP contribution in [0.5, 0.6) is 0 Å². The van der Waals surface area contributed by atoms with Gasteiger partial charge in [0.2, 0.25) is 0 Å². The molecule has 1 heterocycles. The van der Waals surface area contributed by atoms with E-state index in [-0.39, 0.29) is 0 Å². The summed E-state index contributed by atoms with van der Waals surface area (Å²) in [5.41, 5.74) is 1.05. The number of nitrogens with zero attached hydrogens (tertiary/aromatic N) is 1. The zero-order valence-electron chi connectivity index (χ0n) is 15.7. The summed E-state index contributed by atoms with van der Waals surface area (Å²) in [7, 11) is 0. The second-order valence-corrected chi connectivity index (χ2v) is 8.85. The molecule has 0 fully saturated rings. The Balaban J connectivity index is 1.94. The van der Waals surface area contributed by atoms with Crippen LogP contribution in [0.3, 0.4) is 0 Å². The van der Waals surface area contributed by atoms with Gasteiger partial charge in [0.05, 0.1) is 6.10 Å². The second kappa shape index (κ2) is 9.32. The summed E-state index contributed by atoms with van der Waals surface area (Å²) in [5.74, 6) is 0. The maximum absolute atomic E-state index is 11.1. The predicted octanol–water partition coefficient (Wildman–Crippen LogP) is 6.75.